The van der Waals surface area contributed by atoms with E-state index in [2.05, 4.69) is 10.2 Å². The molecule has 0 radical (unpaired) electrons. The van der Waals surface area contributed by atoms with Crippen LogP contribution in [0.25, 0.3) is 11.7 Å². The number of thioether (sulfide) groups is 1. The molecule has 2 aromatic heterocycles. The Labute approximate surface area is 94.7 Å². The van der Waals surface area contributed by atoms with Crippen molar-refractivity contribution in [3.05, 3.63) is 18.4 Å². The van der Waals surface area contributed by atoms with Crippen LogP contribution in [0.4, 0.5) is 0 Å². The number of furan rings is 1. The SMILES string of the molecule is C[C@H](Sc1nnc(-c2ccco2)o1)C(=O)O. The van der Waals surface area contributed by atoms with Gasteiger partial charge in [0, 0.05) is 0 Å². The van der Waals surface area contributed by atoms with Crippen molar-refractivity contribution in [2.24, 2.45) is 0 Å². The summed E-state index contributed by atoms with van der Waals surface area (Å²) in [6.07, 6.45) is 1.49. The normalized spacial score (nSPS) is 12.6. The molecule has 0 bridgehead atoms. The van der Waals surface area contributed by atoms with Crippen molar-refractivity contribution in [3.8, 4) is 11.7 Å². The fourth-order valence-electron chi connectivity index (χ4n) is 0.959. The zero-order chi connectivity index (χ0) is 11.5. The summed E-state index contributed by atoms with van der Waals surface area (Å²) in [4.78, 5) is 10.6. The van der Waals surface area contributed by atoms with Gasteiger partial charge in [0.2, 0.25) is 0 Å². The second-order valence-electron chi connectivity index (χ2n) is 2.95. The number of carboxylic acid groups (broad SMARTS) is 1. The van der Waals surface area contributed by atoms with Gasteiger partial charge >= 0.3 is 5.97 Å². The van der Waals surface area contributed by atoms with Gasteiger partial charge in [-0.15, -0.1) is 10.2 Å². The standard InChI is InChI=1S/C9H8N2O4S/c1-5(8(12)13)16-9-11-10-7(15-9)6-3-2-4-14-6/h2-5H,1H3,(H,12,13)/t5-/m0/s1. The van der Waals surface area contributed by atoms with Crippen LogP contribution in [0.5, 0.6) is 0 Å². The second kappa shape index (κ2) is 4.40. The van der Waals surface area contributed by atoms with Crippen LogP contribution in [0, 0.1) is 0 Å². The zero-order valence-electron chi connectivity index (χ0n) is 8.28. The van der Waals surface area contributed by atoms with Crippen LogP contribution in [0.1, 0.15) is 6.92 Å². The maximum absolute atomic E-state index is 10.6. The summed E-state index contributed by atoms with van der Waals surface area (Å²) in [5, 5.41) is 15.7. The molecule has 0 spiro atoms. The van der Waals surface area contributed by atoms with E-state index < -0.39 is 11.2 Å². The molecular weight excluding hydrogens is 232 g/mol. The van der Waals surface area contributed by atoms with Gasteiger partial charge in [0.25, 0.3) is 11.1 Å². The van der Waals surface area contributed by atoms with E-state index in [0.717, 1.165) is 11.8 Å². The third kappa shape index (κ3) is 2.25. The minimum atomic E-state index is -0.928. The summed E-state index contributed by atoms with van der Waals surface area (Å²) in [5.74, 6) is -0.227. The highest BCUT2D eigenvalue weighted by Gasteiger charge is 2.18. The van der Waals surface area contributed by atoms with Crippen LogP contribution in [-0.2, 0) is 4.79 Å². The average molecular weight is 240 g/mol. The van der Waals surface area contributed by atoms with Gasteiger partial charge in [-0.1, -0.05) is 11.8 Å². The molecule has 2 rings (SSSR count). The summed E-state index contributed by atoms with van der Waals surface area (Å²) in [7, 11) is 0. The van der Waals surface area contributed by atoms with Crippen molar-refractivity contribution in [2.75, 3.05) is 0 Å². The predicted octanol–water partition coefficient (Wildman–Crippen LogP) is 1.89. The highest BCUT2D eigenvalue weighted by Crippen LogP contribution is 2.26. The Morgan fingerprint density at radius 3 is 3.00 bits per heavy atom. The van der Waals surface area contributed by atoms with Crippen LogP contribution in [0.2, 0.25) is 0 Å². The monoisotopic (exact) mass is 240 g/mol. The van der Waals surface area contributed by atoms with Gasteiger partial charge in [-0.3, -0.25) is 4.79 Å². The molecule has 0 aliphatic carbocycles. The molecule has 7 heteroatoms. The third-order valence-electron chi connectivity index (χ3n) is 1.76. The number of carboxylic acids is 1. The van der Waals surface area contributed by atoms with Crippen LogP contribution in [0.3, 0.4) is 0 Å². The van der Waals surface area contributed by atoms with Crippen LogP contribution in [0.15, 0.2) is 32.5 Å². The molecule has 0 saturated heterocycles. The summed E-state index contributed by atoms with van der Waals surface area (Å²) < 4.78 is 10.3. The molecule has 0 amide bonds. The Hall–Kier alpha value is -1.76. The average Bonchev–Trinajstić information content (AvgIpc) is 2.85. The summed E-state index contributed by atoms with van der Waals surface area (Å²) in [6, 6.07) is 3.38. The lowest BCUT2D eigenvalue weighted by molar-refractivity contribution is -0.136. The number of hydrogen-bond acceptors (Lipinski definition) is 6. The van der Waals surface area contributed by atoms with Gasteiger partial charge in [-0.2, -0.15) is 0 Å². The Morgan fingerprint density at radius 2 is 2.38 bits per heavy atom. The number of carbonyl (C=O) groups is 1. The molecular formula is C9H8N2O4S. The first-order chi connectivity index (χ1) is 7.66. The van der Waals surface area contributed by atoms with Crippen molar-refractivity contribution in [1.82, 2.24) is 10.2 Å². The van der Waals surface area contributed by atoms with E-state index in [1.807, 2.05) is 0 Å². The Bertz CT molecular complexity index is 479. The van der Waals surface area contributed by atoms with E-state index in [1.54, 1.807) is 19.1 Å². The highest BCUT2D eigenvalue weighted by molar-refractivity contribution is 8.00. The summed E-state index contributed by atoms with van der Waals surface area (Å²) in [6.45, 7) is 1.55. The number of nitrogens with zero attached hydrogens (tertiary/aromatic N) is 2. The summed E-state index contributed by atoms with van der Waals surface area (Å²) in [5.41, 5.74) is 0. The van der Waals surface area contributed by atoms with Crippen molar-refractivity contribution in [1.29, 1.82) is 0 Å². The van der Waals surface area contributed by atoms with Crippen molar-refractivity contribution < 1.29 is 18.7 Å². The molecule has 6 nitrogen and oxygen atoms in total. The maximum Gasteiger partial charge on any atom is 0.316 e. The number of aromatic nitrogens is 2. The fourth-order valence-corrected chi connectivity index (χ4v) is 1.58. The number of aliphatic carboxylic acids is 1. The molecule has 16 heavy (non-hydrogen) atoms. The van der Waals surface area contributed by atoms with Gasteiger partial charge in [-0.25, -0.2) is 0 Å². The molecule has 1 atom stereocenters. The van der Waals surface area contributed by atoms with Crippen LogP contribution < -0.4 is 0 Å². The lowest BCUT2D eigenvalue weighted by Gasteiger charge is -1.99. The lowest BCUT2D eigenvalue weighted by Crippen LogP contribution is -2.10. The van der Waals surface area contributed by atoms with E-state index in [1.165, 1.54) is 6.26 Å². The Morgan fingerprint density at radius 1 is 1.56 bits per heavy atom. The topological polar surface area (TPSA) is 89.4 Å². The van der Waals surface area contributed by atoms with Gasteiger partial charge in [0.15, 0.2) is 5.76 Å². The molecule has 0 aliphatic rings. The van der Waals surface area contributed by atoms with Crippen molar-refractivity contribution >= 4 is 17.7 Å². The first-order valence-electron chi connectivity index (χ1n) is 4.43. The van der Waals surface area contributed by atoms with Crippen LogP contribution in [-0.4, -0.2) is 26.5 Å². The molecule has 0 aromatic carbocycles. The zero-order valence-corrected chi connectivity index (χ0v) is 9.10. The molecule has 84 valence electrons. The van der Waals surface area contributed by atoms with E-state index in [9.17, 15) is 4.79 Å². The minimum Gasteiger partial charge on any atom is -0.480 e. The minimum absolute atomic E-state index is 0.210. The van der Waals surface area contributed by atoms with Gasteiger partial charge < -0.3 is 13.9 Å². The van der Waals surface area contributed by atoms with E-state index in [0.29, 0.717) is 5.76 Å². The molecule has 0 saturated carbocycles. The molecule has 0 fully saturated rings. The molecule has 0 unspecified atom stereocenters. The first-order valence-corrected chi connectivity index (χ1v) is 5.31. The molecule has 0 aliphatic heterocycles. The van der Waals surface area contributed by atoms with Crippen molar-refractivity contribution in [2.45, 2.75) is 17.4 Å². The first kappa shape index (κ1) is 10.7. The Kier molecular flexibility index (Phi) is 2.95. The molecule has 2 heterocycles. The van der Waals surface area contributed by atoms with Gasteiger partial charge in [0.05, 0.1) is 6.26 Å². The Balaban J connectivity index is 2.11. The fraction of sp³-hybridized carbons (Fsp3) is 0.222. The van der Waals surface area contributed by atoms with Gasteiger partial charge in [-0.05, 0) is 19.1 Å². The highest BCUT2D eigenvalue weighted by atomic mass is 32.2. The maximum atomic E-state index is 10.6. The van der Waals surface area contributed by atoms with Crippen LogP contribution >= 0.6 is 11.8 Å². The van der Waals surface area contributed by atoms with Crippen molar-refractivity contribution in [3.63, 3.8) is 0 Å². The smallest absolute Gasteiger partial charge is 0.316 e. The second-order valence-corrected chi connectivity index (χ2v) is 4.24. The lowest BCUT2D eigenvalue weighted by atomic mass is 10.5. The molecule has 2 aromatic rings. The van der Waals surface area contributed by atoms with E-state index >= 15 is 0 Å². The number of hydrogen-bond donors (Lipinski definition) is 1. The summed E-state index contributed by atoms with van der Waals surface area (Å²) >= 11 is 0.988. The predicted molar refractivity (Wildman–Crippen MR) is 55.0 cm³/mol. The largest absolute Gasteiger partial charge is 0.480 e. The number of rotatable bonds is 4. The molecule has 1 N–H and O–H groups in total. The van der Waals surface area contributed by atoms with E-state index in [-0.39, 0.29) is 11.1 Å². The quantitative estimate of drug-likeness (QED) is 0.816. The van der Waals surface area contributed by atoms with E-state index in [4.69, 9.17) is 13.9 Å². The third-order valence-corrected chi connectivity index (χ3v) is 2.69. The van der Waals surface area contributed by atoms with Gasteiger partial charge in [0.1, 0.15) is 5.25 Å².